The minimum atomic E-state index is -0.391. The van der Waals surface area contributed by atoms with Gasteiger partial charge in [0, 0.05) is 17.9 Å². The summed E-state index contributed by atoms with van der Waals surface area (Å²) >= 11 is 0. The Hall–Kier alpha value is -4.05. The molecule has 0 spiro atoms. The van der Waals surface area contributed by atoms with Crippen molar-refractivity contribution in [2.75, 3.05) is 6.61 Å². The van der Waals surface area contributed by atoms with Gasteiger partial charge in [-0.05, 0) is 41.7 Å². The molecular weight excluding hydrogens is 436 g/mol. The molecule has 178 valence electrons. The summed E-state index contributed by atoms with van der Waals surface area (Å²) in [4.78, 5) is 21.7. The molecular formula is C31H30O4. The summed E-state index contributed by atoms with van der Waals surface area (Å²) in [6.45, 7) is 2.38. The predicted molar refractivity (Wildman–Crippen MR) is 137 cm³/mol. The third kappa shape index (κ3) is 5.90. The molecule has 4 aromatic carbocycles. The van der Waals surface area contributed by atoms with Crippen LogP contribution in [0.4, 0.5) is 0 Å². The second kappa shape index (κ2) is 11.9. The monoisotopic (exact) mass is 466 g/mol. The van der Waals surface area contributed by atoms with Gasteiger partial charge in [-0.3, -0.25) is 9.78 Å². The molecule has 0 amide bonds. The molecule has 4 rings (SSSR count). The third-order valence-corrected chi connectivity index (χ3v) is 6.04. The van der Waals surface area contributed by atoms with Crippen LogP contribution < -0.4 is 9.62 Å². The van der Waals surface area contributed by atoms with E-state index in [1.54, 1.807) is 12.1 Å². The fourth-order valence-electron chi connectivity index (χ4n) is 4.38. The summed E-state index contributed by atoms with van der Waals surface area (Å²) in [7, 11) is 0. The largest absolute Gasteiger partial charge is 0.493 e. The fourth-order valence-corrected chi connectivity index (χ4v) is 4.38. The summed E-state index contributed by atoms with van der Waals surface area (Å²) in [5.74, 6) is 0.682. The van der Waals surface area contributed by atoms with Crippen molar-refractivity contribution < 1.29 is 19.3 Å². The Balaban J connectivity index is 1.59. The number of hydrogen-bond acceptors (Lipinski definition) is 4. The first-order chi connectivity index (χ1) is 17.2. The van der Waals surface area contributed by atoms with Crippen LogP contribution in [-0.4, -0.2) is 12.6 Å². The molecule has 0 unspecified atom stereocenters. The van der Waals surface area contributed by atoms with E-state index in [-0.39, 0.29) is 5.41 Å². The van der Waals surface area contributed by atoms with E-state index in [0.717, 1.165) is 6.42 Å². The van der Waals surface area contributed by atoms with E-state index >= 15 is 0 Å². The number of carbonyl (C=O) groups excluding carboxylic acids is 1. The maximum absolute atomic E-state index is 11.6. The zero-order valence-electron chi connectivity index (χ0n) is 19.9. The molecule has 0 fully saturated rings. The van der Waals surface area contributed by atoms with Gasteiger partial charge in [-0.2, -0.15) is 0 Å². The molecule has 0 aliphatic rings. The van der Waals surface area contributed by atoms with Crippen LogP contribution in [0.5, 0.6) is 11.5 Å². The van der Waals surface area contributed by atoms with Crippen LogP contribution in [0.2, 0.25) is 0 Å². The molecule has 0 saturated heterocycles. The van der Waals surface area contributed by atoms with Gasteiger partial charge in [0.05, 0.1) is 6.61 Å². The second-order valence-corrected chi connectivity index (χ2v) is 8.37. The van der Waals surface area contributed by atoms with E-state index < -0.39 is 5.97 Å². The van der Waals surface area contributed by atoms with Gasteiger partial charge in [0.25, 0.3) is 0 Å². The van der Waals surface area contributed by atoms with Crippen LogP contribution in [0, 0.1) is 0 Å². The lowest BCUT2D eigenvalue weighted by atomic mass is 9.67. The maximum Gasteiger partial charge on any atom is 0.355 e. The van der Waals surface area contributed by atoms with E-state index in [1.165, 1.54) is 16.7 Å². The molecule has 0 heterocycles. The molecule has 0 aliphatic carbocycles. The quantitative estimate of drug-likeness (QED) is 0.134. The van der Waals surface area contributed by atoms with Crippen molar-refractivity contribution in [2.24, 2.45) is 0 Å². The van der Waals surface area contributed by atoms with E-state index in [4.69, 9.17) is 14.5 Å². The lowest BCUT2D eigenvalue weighted by molar-refractivity contribution is -0.213. The molecule has 0 atom stereocenters. The Kier molecular flexibility index (Phi) is 8.18. The van der Waals surface area contributed by atoms with Gasteiger partial charge in [-0.15, -0.1) is 0 Å². The van der Waals surface area contributed by atoms with Crippen molar-refractivity contribution in [1.82, 2.24) is 0 Å². The lowest BCUT2D eigenvalue weighted by Crippen LogP contribution is -2.31. The molecule has 0 aromatic heterocycles. The van der Waals surface area contributed by atoms with Crippen LogP contribution >= 0.6 is 0 Å². The number of carbonyl (C=O) groups is 1. The zero-order chi connectivity index (χ0) is 24.3. The van der Waals surface area contributed by atoms with E-state index in [1.807, 2.05) is 37.3 Å². The maximum atomic E-state index is 11.6. The van der Waals surface area contributed by atoms with Gasteiger partial charge < -0.3 is 4.74 Å². The average Bonchev–Trinajstić information content (AvgIpc) is 2.92. The van der Waals surface area contributed by atoms with Crippen molar-refractivity contribution in [3.05, 3.63) is 132 Å². The fraction of sp³-hybridized carbons (Fsp3) is 0.194. The third-order valence-electron chi connectivity index (χ3n) is 6.04. The molecule has 35 heavy (non-hydrogen) atoms. The van der Waals surface area contributed by atoms with Crippen molar-refractivity contribution >= 4 is 5.97 Å². The van der Waals surface area contributed by atoms with Gasteiger partial charge in [-0.25, -0.2) is 4.79 Å². The summed E-state index contributed by atoms with van der Waals surface area (Å²) in [6.07, 6.45) is 1.75. The van der Waals surface area contributed by atoms with Crippen molar-refractivity contribution in [2.45, 2.75) is 31.6 Å². The van der Waals surface area contributed by atoms with Gasteiger partial charge in [0.1, 0.15) is 5.75 Å². The molecule has 4 aromatic rings. The van der Waals surface area contributed by atoms with E-state index in [2.05, 4.69) is 72.8 Å². The highest BCUT2D eigenvalue weighted by Crippen LogP contribution is 2.42. The SMILES string of the molecule is CCCC(=O)OOc1cccc(OCCC(c2ccccc2)(c2ccccc2)c2ccccc2)c1. The van der Waals surface area contributed by atoms with Crippen LogP contribution in [0.3, 0.4) is 0 Å². The Bertz CT molecular complexity index is 1090. The Morgan fingerprint density at radius 2 is 1.20 bits per heavy atom. The van der Waals surface area contributed by atoms with E-state index in [9.17, 15) is 4.79 Å². The minimum Gasteiger partial charge on any atom is -0.493 e. The standard InChI is InChI=1S/C31H30O4/c1-2-13-30(32)35-34-29-21-12-20-28(24-29)33-23-22-31(25-14-6-3-7-15-25,26-16-8-4-9-17-26)27-18-10-5-11-19-27/h3-12,14-21,24H,2,13,22-23H2,1H3. The zero-order valence-corrected chi connectivity index (χ0v) is 19.9. The number of rotatable bonds is 11. The van der Waals surface area contributed by atoms with Crippen LogP contribution in [-0.2, 0) is 15.1 Å². The predicted octanol–water partition coefficient (Wildman–Crippen LogP) is 7.13. The minimum absolute atomic E-state index is 0.316. The van der Waals surface area contributed by atoms with Gasteiger partial charge in [-0.1, -0.05) is 104 Å². The van der Waals surface area contributed by atoms with E-state index in [0.29, 0.717) is 30.9 Å². The topological polar surface area (TPSA) is 44.8 Å². The summed E-state index contributed by atoms with van der Waals surface area (Å²) < 4.78 is 6.20. The molecule has 0 saturated carbocycles. The van der Waals surface area contributed by atoms with Gasteiger partial charge in [0.2, 0.25) is 0 Å². The Labute approximate surface area is 207 Å². The molecule has 4 heteroatoms. The number of hydrogen-bond donors (Lipinski definition) is 0. The Morgan fingerprint density at radius 3 is 1.71 bits per heavy atom. The second-order valence-electron chi connectivity index (χ2n) is 8.37. The molecule has 0 aliphatic heterocycles. The van der Waals surface area contributed by atoms with Crippen molar-refractivity contribution in [3.8, 4) is 11.5 Å². The molecule has 4 nitrogen and oxygen atoms in total. The highest BCUT2D eigenvalue weighted by atomic mass is 17.2. The first kappa shape index (κ1) is 24.1. The highest BCUT2D eigenvalue weighted by molar-refractivity contribution is 5.68. The van der Waals surface area contributed by atoms with Gasteiger partial charge >= 0.3 is 5.97 Å². The summed E-state index contributed by atoms with van der Waals surface area (Å²) in [5, 5.41) is 0. The summed E-state index contributed by atoms with van der Waals surface area (Å²) in [5.41, 5.74) is 3.25. The highest BCUT2D eigenvalue weighted by Gasteiger charge is 2.36. The lowest BCUT2D eigenvalue weighted by Gasteiger charge is -2.36. The van der Waals surface area contributed by atoms with Gasteiger partial charge in [0.15, 0.2) is 5.75 Å². The normalized spacial score (nSPS) is 11.0. The molecule has 0 N–H and O–H groups in total. The summed E-state index contributed by atoms with van der Waals surface area (Å²) in [6, 6.07) is 38.8. The smallest absolute Gasteiger partial charge is 0.355 e. The van der Waals surface area contributed by atoms with Crippen molar-refractivity contribution in [1.29, 1.82) is 0 Å². The first-order valence-corrected chi connectivity index (χ1v) is 12.0. The number of ether oxygens (including phenoxy) is 1. The molecule has 0 radical (unpaired) electrons. The Morgan fingerprint density at radius 1 is 0.686 bits per heavy atom. The van der Waals surface area contributed by atoms with Crippen LogP contribution in [0.25, 0.3) is 0 Å². The number of benzene rings is 4. The van der Waals surface area contributed by atoms with Crippen LogP contribution in [0.1, 0.15) is 42.9 Å². The first-order valence-electron chi connectivity index (χ1n) is 12.0. The van der Waals surface area contributed by atoms with Crippen molar-refractivity contribution in [3.63, 3.8) is 0 Å². The van der Waals surface area contributed by atoms with Crippen LogP contribution in [0.15, 0.2) is 115 Å². The average molecular weight is 467 g/mol. The molecule has 0 bridgehead atoms.